The molecule has 1 aromatic heterocycles. The number of nitrogens with zero attached hydrogens (tertiary/aromatic N) is 1. The summed E-state index contributed by atoms with van der Waals surface area (Å²) in [4.78, 5) is 15.7. The fourth-order valence-electron chi connectivity index (χ4n) is 2.96. The van der Waals surface area contributed by atoms with Crippen LogP contribution in [0.3, 0.4) is 0 Å². The van der Waals surface area contributed by atoms with Gasteiger partial charge in [-0.1, -0.05) is 18.2 Å². The number of hydrogen-bond donors (Lipinski definition) is 1. The average Bonchev–Trinajstić information content (AvgIpc) is 3.19. The Balaban J connectivity index is 1.64. The van der Waals surface area contributed by atoms with Gasteiger partial charge in [0.15, 0.2) is 0 Å². The van der Waals surface area contributed by atoms with Crippen LogP contribution in [0.4, 0.5) is 14.5 Å². The Morgan fingerprint density at radius 3 is 2.92 bits per heavy atom. The lowest BCUT2D eigenvalue weighted by atomic mass is 10.2. The fourth-order valence-corrected chi connectivity index (χ4v) is 3.86. The lowest BCUT2D eigenvalue weighted by Gasteiger charge is -2.23. The van der Waals surface area contributed by atoms with Crippen LogP contribution in [0.2, 0.25) is 0 Å². The van der Waals surface area contributed by atoms with Crippen molar-refractivity contribution in [3.05, 3.63) is 46.7 Å². The van der Waals surface area contributed by atoms with E-state index in [9.17, 15) is 13.6 Å². The summed E-state index contributed by atoms with van der Waals surface area (Å²) in [5, 5.41) is 4.70. The summed E-state index contributed by atoms with van der Waals surface area (Å²) in [5.74, 6) is -0.263. The minimum absolute atomic E-state index is 0.0305. The number of para-hydroxylation sites is 2. The van der Waals surface area contributed by atoms with Crippen molar-refractivity contribution in [3.8, 4) is 5.75 Å². The van der Waals surface area contributed by atoms with Gasteiger partial charge in [-0.15, -0.1) is 11.3 Å². The molecule has 1 aromatic carbocycles. The Morgan fingerprint density at radius 1 is 1.33 bits per heavy atom. The monoisotopic (exact) mass is 352 g/mol. The molecule has 0 radical (unpaired) electrons. The van der Waals surface area contributed by atoms with Crippen molar-refractivity contribution in [1.82, 2.24) is 4.90 Å². The maximum atomic E-state index is 12.4. The summed E-state index contributed by atoms with van der Waals surface area (Å²) in [6, 6.07) is 10.6. The van der Waals surface area contributed by atoms with E-state index in [0.29, 0.717) is 0 Å². The van der Waals surface area contributed by atoms with Crippen LogP contribution in [0.15, 0.2) is 41.8 Å². The molecule has 1 aliphatic rings. The number of hydrogen-bond acceptors (Lipinski definition) is 4. The molecule has 1 amide bonds. The number of benzene rings is 1. The summed E-state index contributed by atoms with van der Waals surface area (Å²) in [6.45, 7) is -1.85. The van der Waals surface area contributed by atoms with Crippen molar-refractivity contribution in [2.24, 2.45) is 0 Å². The molecule has 2 aromatic rings. The minimum Gasteiger partial charge on any atom is -0.433 e. The third-order valence-electron chi connectivity index (χ3n) is 3.96. The first-order chi connectivity index (χ1) is 11.6. The van der Waals surface area contributed by atoms with Crippen LogP contribution in [0, 0.1) is 0 Å². The summed E-state index contributed by atoms with van der Waals surface area (Å²) in [5.41, 5.74) is 0.259. The van der Waals surface area contributed by atoms with Gasteiger partial charge in [-0.25, -0.2) is 0 Å². The van der Waals surface area contributed by atoms with E-state index in [1.807, 2.05) is 11.4 Å². The fraction of sp³-hybridized carbons (Fsp3) is 0.353. The maximum Gasteiger partial charge on any atom is 0.387 e. The third-order valence-corrected chi connectivity index (χ3v) is 4.93. The molecule has 1 unspecified atom stereocenters. The number of carbonyl (C=O) groups excluding carboxylic acids is 1. The summed E-state index contributed by atoms with van der Waals surface area (Å²) < 4.78 is 29.3. The molecule has 1 aliphatic heterocycles. The van der Waals surface area contributed by atoms with E-state index in [2.05, 4.69) is 21.0 Å². The summed E-state index contributed by atoms with van der Waals surface area (Å²) >= 11 is 1.69. The highest BCUT2D eigenvalue weighted by Gasteiger charge is 2.28. The zero-order valence-corrected chi connectivity index (χ0v) is 13.8. The van der Waals surface area contributed by atoms with Gasteiger partial charge < -0.3 is 10.1 Å². The molecule has 1 fully saturated rings. The van der Waals surface area contributed by atoms with Crippen molar-refractivity contribution in [1.29, 1.82) is 0 Å². The standard InChI is InChI=1S/C17H18F2N2O2S/c18-17(19)23-14-7-2-1-5-12(14)20-16(22)11-21-9-3-6-13(21)15-8-4-10-24-15/h1-2,4-5,7-8,10,13,17H,3,6,9,11H2,(H,20,22). The maximum absolute atomic E-state index is 12.4. The lowest BCUT2D eigenvalue weighted by molar-refractivity contribution is -0.117. The van der Waals surface area contributed by atoms with Crippen molar-refractivity contribution < 1.29 is 18.3 Å². The highest BCUT2D eigenvalue weighted by Crippen LogP contribution is 2.34. The van der Waals surface area contributed by atoms with E-state index in [4.69, 9.17) is 0 Å². The molecular weight excluding hydrogens is 334 g/mol. The molecule has 128 valence electrons. The van der Waals surface area contributed by atoms with Gasteiger partial charge in [0.1, 0.15) is 5.75 Å². The van der Waals surface area contributed by atoms with Gasteiger partial charge in [-0.3, -0.25) is 9.69 Å². The average molecular weight is 352 g/mol. The van der Waals surface area contributed by atoms with Crippen LogP contribution in [-0.4, -0.2) is 30.5 Å². The second-order valence-corrected chi connectivity index (χ2v) is 6.55. The number of ether oxygens (including phenoxy) is 1. The smallest absolute Gasteiger partial charge is 0.387 e. The molecule has 0 spiro atoms. The Labute approximate surface area is 143 Å². The number of carbonyl (C=O) groups is 1. The molecular formula is C17H18F2N2O2S. The number of likely N-dealkylation sites (tertiary alicyclic amines) is 1. The number of amides is 1. The molecule has 7 heteroatoms. The Bertz CT molecular complexity index is 679. The molecule has 24 heavy (non-hydrogen) atoms. The van der Waals surface area contributed by atoms with Gasteiger partial charge in [-0.2, -0.15) is 8.78 Å². The highest BCUT2D eigenvalue weighted by atomic mass is 32.1. The van der Waals surface area contributed by atoms with Crippen molar-refractivity contribution in [2.75, 3.05) is 18.4 Å². The van der Waals surface area contributed by atoms with E-state index in [-0.39, 0.29) is 29.9 Å². The van der Waals surface area contributed by atoms with Crippen LogP contribution in [0.1, 0.15) is 23.8 Å². The second kappa shape index (κ2) is 7.72. The van der Waals surface area contributed by atoms with E-state index in [1.165, 1.54) is 10.9 Å². The van der Waals surface area contributed by atoms with Crippen molar-refractivity contribution in [2.45, 2.75) is 25.5 Å². The molecule has 1 N–H and O–H groups in total. The number of alkyl halides is 2. The molecule has 1 saturated heterocycles. The molecule has 0 aliphatic carbocycles. The van der Waals surface area contributed by atoms with E-state index < -0.39 is 6.61 Å². The predicted molar refractivity (Wildman–Crippen MR) is 89.6 cm³/mol. The van der Waals surface area contributed by atoms with Crippen LogP contribution >= 0.6 is 11.3 Å². The highest BCUT2D eigenvalue weighted by molar-refractivity contribution is 7.10. The van der Waals surface area contributed by atoms with Gasteiger partial charge in [0.2, 0.25) is 5.91 Å². The second-order valence-electron chi connectivity index (χ2n) is 5.57. The molecule has 0 bridgehead atoms. The molecule has 1 atom stereocenters. The molecule has 3 rings (SSSR count). The van der Waals surface area contributed by atoms with Crippen molar-refractivity contribution in [3.63, 3.8) is 0 Å². The van der Waals surface area contributed by atoms with E-state index in [0.717, 1.165) is 19.4 Å². The first-order valence-electron chi connectivity index (χ1n) is 7.74. The van der Waals surface area contributed by atoms with E-state index >= 15 is 0 Å². The lowest BCUT2D eigenvalue weighted by Crippen LogP contribution is -2.32. The molecule has 4 nitrogen and oxygen atoms in total. The van der Waals surface area contributed by atoms with Crippen molar-refractivity contribution >= 4 is 22.9 Å². The van der Waals surface area contributed by atoms with Crippen LogP contribution in [-0.2, 0) is 4.79 Å². The number of rotatable bonds is 6. The van der Waals surface area contributed by atoms with Gasteiger partial charge >= 0.3 is 6.61 Å². The van der Waals surface area contributed by atoms with Crippen LogP contribution in [0.5, 0.6) is 5.75 Å². The number of nitrogens with one attached hydrogen (secondary N) is 1. The van der Waals surface area contributed by atoms with Gasteiger partial charge in [0.05, 0.1) is 12.2 Å². The normalized spacial score (nSPS) is 18.0. The summed E-state index contributed by atoms with van der Waals surface area (Å²) in [6.07, 6.45) is 2.07. The first kappa shape index (κ1) is 16.9. The zero-order valence-electron chi connectivity index (χ0n) is 13.0. The van der Waals surface area contributed by atoms with E-state index in [1.54, 1.807) is 29.5 Å². The van der Waals surface area contributed by atoms with Crippen LogP contribution < -0.4 is 10.1 Å². The zero-order chi connectivity index (χ0) is 16.9. The third kappa shape index (κ3) is 4.10. The number of halogens is 2. The van der Waals surface area contributed by atoms with Gasteiger partial charge in [0.25, 0.3) is 0 Å². The number of thiophene rings is 1. The largest absolute Gasteiger partial charge is 0.433 e. The quantitative estimate of drug-likeness (QED) is 0.850. The molecule has 0 saturated carbocycles. The Kier molecular flexibility index (Phi) is 5.42. The predicted octanol–water partition coefficient (Wildman–Crippen LogP) is 4.13. The van der Waals surface area contributed by atoms with Crippen LogP contribution in [0.25, 0.3) is 0 Å². The molecule has 2 heterocycles. The number of anilines is 1. The Hall–Kier alpha value is -1.99. The summed E-state index contributed by atoms with van der Waals surface area (Å²) in [7, 11) is 0. The topological polar surface area (TPSA) is 41.6 Å². The van der Waals surface area contributed by atoms with Gasteiger partial charge in [0, 0.05) is 10.9 Å². The SMILES string of the molecule is O=C(CN1CCCC1c1cccs1)Nc1ccccc1OC(F)F. The first-order valence-corrected chi connectivity index (χ1v) is 8.62. The van der Waals surface area contributed by atoms with Gasteiger partial charge in [-0.05, 0) is 43.0 Å². The minimum atomic E-state index is -2.93. The Morgan fingerprint density at radius 2 is 2.17 bits per heavy atom.